The topological polar surface area (TPSA) is 147 Å². The molecular formula is C37H49N4O8P. The van der Waals surface area contributed by atoms with Crippen LogP contribution >= 0.6 is 8.53 Å². The van der Waals surface area contributed by atoms with Gasteiger partial charge in [-0.25, -0.2) is 9.46 Å². The molecule has 2 amide bonds. The van der Waals surface area contributed by atoms with Crippen molar-refractivity contribution in [2.45, 2.75) is 76.3 Å². The van der Waals surface area contributed by atoms with Crippen LogP contribution in [-0.2, 0) is 28.9 Å². The normalized spacial score (nSPS) is 19.8. The van der Waals surface area contributed by atoms with E-state index in [1.807, 2.05) is 78.9 Å². The molecule has 3 aromatic rings. The van der Waals surface area contributed by atoms with E-state index in [9.17, 15) is 10.1 Å². The number of nitriles is 1. The Hall–Kier alpha value is -3.79. The van der Waals surface area contributed by atoms with Crippen molar-refractivity contribution in [3.8, 4) is 17.6 Å². The van der Waals surface area contributed by atoms with Crippen LogP contribution in [-0.4, -0.2) is 81.9 Å². The molecule has 5 unspecified atom stereocenters. The molecular weight excluding hydrogens is 659 g/mol. The quantitative estimate of drug-likeness (QED) is 0.0906. The second kappa shape index (κ2) is 18.4. The van der Waals surface area contributed by atoms with Crippen LogP contribution in [0.1, 0.15) is 50.8 Å². The van der Waals surface area contributed by atoms with Gasteiger partial charge in [0.15, 0.2) is 6.23 Å². The lowest BCUT2D eigenvalue weighted by Gasteiger charge is -2.39. The first kappa shape index (κ1) is 39.0. The van der Waals surface area contributed by atoms with E-state index in [0.717, 1.165) is 16.7 Å². The molecule has 0 aromatic heterocycles. The lowest BCUT2D eigenvalue weighted by atomic mass is 9.80. The number of carbonyl (C=O) groups excluding carboxylic acids is 1. The van der Waals surface area contributed by atoms with Crippen LogP contribution in [0.2, 0.25) is 0 Å². The summed E-state index contributed by atoms with van der Waals surface area (Å²) in [6.45, 7) is 8.41. The Bertz CT molecular complexity index is 1470. The number of benzene rings is 3. The monoisotopic (exact) mass is 708 g/mol. The molecule has 1 aliphatic heterocycles. The number of carbonyl (C=O) groups is 1. The molecule has 50 heavy (non-hydrogen) atoms. The molecule has 0 radical (unpaired) electrons. The highest BCUT2D eigenvalue weighted by atomic mass is 31.2. The van der Waals surface area contributed by atoms with E-state index >= 15 is 0 Å². The Labute approximate surface area is 296 Å². The van der Waals surface area contributed by atoms with Gasteiger partial charge in [-0.1, -0.05) is 54.6 Å². The van der Waals surface area contributed by atoms with Gasteiger partial charge in [0.1, 0.15) is 35.4 Å². The van der Waals surface area contributed by atoms with Crippen molar-refractivity contribution < 1.29 is 37.5 Å². The van der Waals surface area contributed by atoms with E-state index in [2.05, 4.69) is 43.8 Å². The summed E-state index contributed by atoms with van der Waals surface area (Å²) in [4.78, 5) is 12.1. The van der Waals surface area contributed by atoms with Crippen LogP contribution in [0.5, 0.6) is 11.5 Å². The Balaban J connectivity index is 1.82. The highest BCUT2D eigenvalue weighted by Gasteiger charge is 2.50. The molecule has 13 heteroatoms. The number of rotatable bonds is 18. The molecule has 270 valence electrons. The van der Waals surface area contributed by atoms with E-state index in [4.69, 9.17) is 38.5 Å². The fourth-order valence-corrected chi connectivity index (χ4v) is 7.95. The zero-order valence-corrected chi connectivity index (χ0v) is 30.7. The van der Waals surface area contributed by atoms with Crippen molar-refractivity contribution in [1.82, 2.24) is 9.99 Å². The third kappa shape index (κ3) is 9.11. The second-order valence-electron chi connectivity index (χ2n) is 12.2. The number of methoxy groups -OCH3 is 3. The molecule has 0 spiro atoms. The molecule has 0 bridgehead atoms. The van der Waals surface area contributed by atoms with Crippen LogP contribution in [0.4, 0.5) is 4.79 Å². The first-order valence-corrected chi connectivity index (χ1v) is 17.7. The van der Waals surface area contributed by atoms with Gasteiger partial charge in [-0.3, -0.25) is 0 Å². The van der Waals surface area contributed by atoms with E-state index in [1.165, 1.54) is 7.11 Å². The smallest absolute Gasteiger partial charge is 0.314 e. The Morgan fingerprint density at radius 3 is 1.90 bits per heavy atom. The van der Waals surface area contributed by atoms with Gasteiger partial charge < -0.3 is 43.8 Å². The van der Waals surface area contributed by atoms with Crippen molar-refractivity contribution in [2.24, 2.45) is 5.73 Å². The summed E-state index contributed by atoms with van der Waals surface area (Å²) in [5, 5.41) is 11.9. The Morgan fingerprint density at radius 2 is 1.44 bits per heavy atom. The molecule has 3 aromatic carbocycles. The van der Waals surface area contributed by atoms with Gasteiger partial charge in [-0.15, -0.1) is 0 Å². The first-order chi connectivity index (χ1) is 24.1. The van der Waals surface area contributed by atoms with Crippen LogP contribution < -0.4 is 20.5 Å². The summed E-state index contributed by atoms with van der Waals surface area (Å²) >= 11 is 0. The number of urea groups is 1. The lowest BCUT2D eigenvalue weighted by Crippen LogP contribution is -2.47. The fourth-order valence-electron chi connectivity index (χ4n) is 6.18. The van der Waals surface area contributed by atoms with E-state index in [0.29, 0.717) is 11.5 Å². The number of hydrogen-bond donors (Lipinski definition) is 2. The molecule has 1 heterocycles. The highest BCUT2D eigenvalue weighted by Crippen LogP contribution is 2.50. The average Bonchev–Trinajstić information content (AvgIpc) is 3.43. The van der Waals surface area contributed by atoms with Gasteiger partial charge in [-0.2, -0.15) is 5.26 Å². The van der Waals surface area contributed by atoms with Crippen molar-refractivity contribution in [3.63, 3.8) is 0 Å². The molecule has 3 N–H and O–H groups in total. The third-order valence-corrected chi connectivity index (χ3v) is 10.5. The minimum atomic E-state index is -1.71. The molecule has 1 saturated heterocycles. The summed E-state index contributed by atoms with van der Waals surface area (Å²) in [7, 11) is 3.06. The van der Waals surface area contributed by atoms with Crippen molar-refractivity contribution in [2.75, 3.05) is 34.5 Å². The predicted octanol–water partition coefficient (Wildman–Crippen LogP) is 6.08. The number of ether oxygens (including phenoxy) is 5. The van der Waals surface area contributed by atoms with Gasteiger partial charge in [0.2, 0.25) is 0 Å². The van der Waals surface area contributed by atoms with Crippen molar-refractivity contribution in [1.29, 1.82) is 5.26 Å². The standard InChI is InChI=1S/C37H49N4O8P/c1-25(2)41(26(3)4)50(47-23-11-22-38)49-33-32(48-35(34(33)45-7)40-36(39)42)24-46-37(27-12-9-8-10-13-27,28-14-18-30(43-5)19-15-28)29-16-20-31(44-6)21-17-29/h8-10,12-21,25-26,32-35H,11,23-24H2,1-7H3,(H3,39,40,42). The maximum absolute atomic E-state index is 12.1. The summed E-state index contributed by atoms with van der Waals surface area (Å²) in [6, 6.07) is 26.8. The minimum absolute atomic E-state index is 0.000846. The SMILES string of the molecule is COc1ccc(C(OCC2OC(NC(N)=O)C(OC)C2OP(OCCC#N)N(C(C)C)C(C)C)(c2ccccc2)c2ccc(OC)cc2)cc1. The summed E-state index contributed by atoms with van der Waals surface area (Å²) < 4.78 is 45.7. The second-order valence-corrected chi connectivity index (χ2v) is 13.6. The maximum atomic E-state index is 12.1. The molecule has 0 aliphatic carbocycles. The van der Waals surface area contributed by atoms with Crippen LogP contribution in [0.3, 0.4) is 0 Å². The van der Waals surface area contributed by atoms with Gasteiger partial charge >= 0.3 is 6.03 Å². The van der Waals surface area contributed by atoms with Crippen molar-refractivity contribution >= 4 is 14.6 Å². The predicted molar refractivity (Wildman–Crippen MR) is 191 cm³/mol. The van der Waals surface area contributed by atoms with E-state index in [-0.39, 0.29) is 31.7 Å². The number of nitrogens with zero attached hydrogens (tertiary/aromatic N) is 2. The van der Waals surface area contributed by atoms with Crippen LogP contribution in [0, 0.1) is 11.3 Å². The molecule has 4 rings (SSSR count). The summed E-state index contributed by atoms with van der Waals surface area (Å²) in [5.74, 6) is 1.40. The number of hydrogen-bond acceptors (Lipinski definition) is 10. The van der Waals surface area contributed by atoms with Gasteiger partial charge in [0.25, 0.3) is 8.53 Å². The van der Waals surface area contributed by atoms with Crippen LogP contribution in [0.25, 0.3) is 0 Å². The molecule has 5 atom stereocenters. The Morgan fingerprint density at radius 1 is 0.900 bits per heavy atom. The fraction of sp³-hybridized carbons (Fsp3) is 0.459. The average molecular weight is 709 g/mol. The zero-order chi connectivity index (χ0) is 36.3. The molecule has 0 saturated carbocycles. The number of nitrogens with one attached hydrogen (secondary N) is 1. The third-order valence-electron chi connectivity index (χ3n) is 8.38. The highest BCUT2D eigenvalue weighted by molar-refractivity contribution is 7.44. The summed E-state index contributed by atoms with van der Waals surface area (Å²) in [5.41, 5.74) is 6.98. The van der Waals surface area contributed by atoms with E-state index in [1.54, 1.807) is 14.2 Å². The first-order valence-electron chi connectivity index (χ1n) is 16.6. The minimum Gasteiger partial charge on any atom is -0.497 e. The molecule has 1 fully saturated rings. The number of nitrogens with two attached hydrogens (primary N) is 1. The van der Waals surface area contributed by atoms with Gasteiger partial charge in [0.05, 0.1) is 39.9 Å². The molecule has 12 nitrogen and oxygen atoms in total. The molecule has 1 aliphatic rings. The Kier molecular flexibility index (Phi) is 14.4. The van der Waals surface area contributed by atoms with E-state index < -0.39 is 44.7 Å². The van der Waals surface area contributed by atoms with Crippen molar-refractivity contribution in [3.05, 3.63) is 95.6 Å². The lowest BCUT2D eigenvalue weighted by molar-refractivity contribution is -0.0825. The summed E-state index contributed by atoms with van der Waals surface area (Å²) in [6.07, 6.45) is -3.04. The maximum Gasteiger partial charge on any atom is 0.314 e. The number of amides is 2. The van der Waals surface area contributed by atoms with Crippen LogP contribution in [0.15, 0.2) is 78.9 Å². The van der Waals surface area contributed by atoms with Gasteiger partial charge in [-0.05, 0) is 68.7 Å². The van der Waals surface area contributed by atoms with Gasteiger partial charge in [0, 0.05) is 19.2 Å². The largest absolute Gasteiger partial charge is 0.497 e. The number of primary amides is 1. The zero-order valence-electron chi connectivity index (χ0n) is 29.8.